The first-order valence-corrected chi connectivity index (χ1v) is 12.7. The maximum atomic E-state index is 15.2. The molecule has 0 spiro atoms. The summed E-state index contributed by atoms with van der Waals surface area (Å²) in [6.45, 7) is -0.592. The molecular formula is C25H21F6NO4S. The molecule has 12 heteroatoms. The van der Waals surface area contributed by atoms with Crippen LogP contribution in [0.2, 0.25) is 0 Å². The Morgan fingerprint density at radius 1 is 0.784 bits per heavy atom. The molecule has 0 aromatic heterocycles. The minimum atomic E-state index is -4.40. The zero-order chi connectivity index (χ0) is 26.6. The normalized spacial score (nSPS) is 18.7. The number of benzene rings is 3. The van der Waals surface area contributed by atoms with Crippen molar-refractivity contribution in [3.8, 4) is 11.5 Å². The zero-order valence-corrected chi connectivity index (χ0v) is 19.8. The molecule has 0 amide bonds. The Bertz CT molecular complexity index is 1250. The molecule has 0 atom stereocenters. The molecule has 0 saturated carbocycles. The lowest BCUT2D eigenvalue weighted by Crippen LogP contribution is -2.40. The van der Waals surface area contributed by atoms with Crippen molar-refractivity contribution in [3.63, 3.8) is 0 Å². The monoisotopic (exact) mass is 545 g/mol. The zero-order valence-electron chi connectivity index (χ0n) is 19.0. The van der Waals surface area contributed by atoms with Crippen LogP contribution < -0.4 is 9.47 Å². The van der Waals surface area contributed by atoms with Gasteiger partial charge in [0.2, 0.25) is 0 Å². The van der Waals surface area contributed by atoms with Crippen LogP contribution in [0.4, 0.5) is 26.3 Å². The van der Waals surface area contributed by atoms with Gasteiger partial charge in [-0.25, -0.2) is 17.5 Å². The number of halogens is 6. The molecule has 0 radical (unpaired) electrons. The summed E-state index contributed by atoms with van der Waals surface area (Å²) in [6.07, 6.45) is -5.11. The first-order chi connectivity index (χ1) is 17.4. The van der Waals surface area contributed by atoms with Gasteiger partial charge in [-0.1, -0.05) is 0 Å². The Balaban J connectivity index is 1.50. The van der Waals surface area contributed by atoms with Crippen LogP contribution in [0.15, 0.2) is 65.6 Å². The van der Waals surface area contributed by atoms with Crippen molar-refractivity contribution in [3.05, 3.63) is 89.2 Å². The molecule has 1 saturated heterocycles. The van der Waals surface area contributed by atoms with Crippen molar-refractivity contribution in [1.82, 2.24) is 4.31 Å². The highest BCUT2D eigenvalue weighted by atomic mass is 32.3. The van der Waals surface area contributed by atoms with E-state index in [0.29, 0.717) is 11.1 Å². The van der Waals surface area contributed by atoms with Crippen molar-refractivity contribution in [2.75, 3.05) is 13.1 Å². The minimum absolute atomic E-state index is 0.0878. The third-order valence-electron chi connectivity index (χ3n) is 6.53. The Hall–Kier alpha value is -2.93. The summed E-state index contributed by atoms with van der Waals surface area (Å²) < 4.78 is 116. The Morgan fingerprint density at radius 3 is 1.70 bits per heavy atom. The summed E-state index contributed by atoms with van der Waals surface area (Å²) in [5.74, 6) is -5.68. The van der Waals surface area contributed by atoms with E-state index < -0.39 is 51.0 Å². The molecule has 2 heterocycles. The number of piperidine rings is 1. The summed E-state index contributed by atoms with van der Waals surface area (Å²) in [6, 6.07) is 12.0. The summed E-state index contributed by atoms with van der Waals surface area (Å²) in [7, 11) is -4.00. The van der Waals surface area contributed by atoms with Crippen molar-refractivity contribution >= 4 is 10.8 Å². The van der Waals surface area contributed by atoms with Gasteiger partial charge in [0.25, 0.3) is 0 Å². The van der Waals surface area contributed by atoms with Crippen LogP contribution >= 0.6 is 10.8 Å². The van der Waals surface area contributed by atoms with E-state index in [9.17, 15) is 31.1 Å². The molecule has 198 valence electrons. The second kappa shape index (κ2) is 9.12. The van der Waals surface area contributed by atoms with Crippen molar-refractivity contribution in [1.29, 1.82) is 0 Å². The van der Waals surface area contributed by atoms with Crippen LogP contribution in [0.5, 0.6) is 11.5 Å². The second-order valence-corrected chi connectivity index (χ2v) is 10.8. The van der Waals surface area contributed by atoms with Gasteiger partial charge in [0, 0.05) is 36.3 Å². The summed E-state index contributed by atoms with van der Waals surface area (Å²) in [5.41, 5.74) is 0.582. The van der Waals surface area contributed by atoms with Crippen LogP contribution in [0.3, 0.4) is 0 Å². The lowest BCUT2D eigenvalue weighted by Gasteiger charge is -2.46. The molecule has 5 nitrogen and oxygen atoms in total. The van der Waals surface area contributed by atoms with Gasteiger partial charge in [-0.15, -0.1) is 10.8 Å². The van der Waals surface area contributed by atoms with E-state index in [2.05, 4.69) is 0 Å². The fourth-order valence-corrected chi connectivity index (χ4v) is 6.12. The van der Waals surface area contributed by atoms with Gasteiger partial charge in [0.05, 0.1) is 5.92 Å². The van der Waals surface area contributed by atoms with Gasteiger partial charge in [-0.2, -0.15) is 13.2 Å². The van der Waals surface area contributed by atoms with E-state index in [1.54, 1.807) is 0 Å². The van der Waals surface area contributed by atoms with Gasteiger partial charge in [0.15, 0.2) is 17.3 Å². The molecule has 5 rings (SSSR count). The molecular weight excluding hydrogens is 524 g/mol. The summed E-state index contributed by atoms with van der Waals surface area (Å²) >= 11 is 0. The van der Waals surface area contributed by atoms with Crippen LogP contribution in [-0.4, -0.2) is 32.7 Å². The maximum absolute atomic E-state index is 15.2. The van der Waals surface area contributed by atoms with Crippen LogP contribution in [0.1, 0.15) is 24.0 Å². The second-order valence-electron chi connectivity index (χ2n) is 8.83. The molecule has 37 heavy (non-hydrogen) atoms. The van der Waals surface area contributed by atoms with E-state index in [0.717, 1.165) is 40.7 Å². The van der Waals surface area contributed by atoms with Crippen molar-refractivity contribution < 1.29 is 44.9 Å². The first-order valence-electron chi connectivity index (χ1n) is 11.2. The van der Waals surface area contributed by atoms with Gasteiger partial charge < -0.3 is 9.47 Å². The summed E-state index contributed by atoms with van der Waals surface area (Å²) in [5, 5.41) is 0. The fraction of sp³-hybridized carbons (Fsp3) is 0.280. The molecule has 2 N–H and O–H groups in total. The first kappa shape index (κ1) is 25.7. The van der Waals surface area contributed by atoms with E-state index >= 15 is 4.39 Å². The highest BCUT2D eigenvalue weighted by Gasteiger charge is 2.48. The fourth-order valence-electron chi connectivity index (χ4n) is 4.53. The Kier molecular flexibility index (Phi) is 6.34. The average molecular weight is 546 g/mol. The number of nitrogens with zero attached hydrogens (tertiary/aromatic N) is 1. The SMILES string of the molecule is OS(O)(c1cc2c(cc1F)OC(c1ccc(F)cc1)(c1ccc(F)cc1)O2)N1CCC(C(F)(F)F)CC1. The number of alkyl halides is 3. The lowest BCUT2D eigenvalue weighted by molar-refractivity contribution is -0.183. The third-order valence-corrected chi connectivity index (χ3v) is 8.51. The number of rotatable bonds is 4. The smallest absolute Gasteiger partial charge is 0.391 e. The molecule has 2 aliphatic rings. The van der Waals surface area contributed by atoms with Gasteiger partial charge in [-0.3, -0.25) is 9.11 Å². The summed E-state index contributed by atoms with van der Waals surface area (Å²) in [4.78, 5) is -0.561. The molecule has 1 fully saturated rings. The minimum Gasteiger partial charge on any atom is -0.440 e. The van der Waals surface area contributed by atoms with Crippen molar-refractivity contribution in [2.24, 2.45) is 5.92 Å². The van der Waals surface area contributed by atoms with Gasteiger partial charge in [-0.05, 0) is 61.4 Å². The lowest BCUT2D eigenvalue weighted by atomic mass is 9.97. The quantitative estimate of drug-likeness (QED) is 0.343. The van der Waals surface area contributed by atoms with Crippen molar-refractivity contribution in [2.45, 2.75) is 29.7 Å². The average Bonchev–Trinajstić information content (AvgIpc) is 3.23. The van der Waals surface area contributed by atoms with Gasteiger partial charge >= 0.3 is 12.0 Å². The van der Waals surface area contributed by atoms with Crippen LogP contribution in [0, 0.1) is 23.4 Å². The number of ether oxygens (including phenoxy) is 2. The Labute approximate surface area is 209 Å². The molecule has 0 unspecified atom stereocenters. The predicted molar refractivity (Wildman–Crippen MR) is 123 cm³/mol. The number of hydrogen-bond acceptors (Lipinski definition) is 5. The predicted octanol–water partition coefficient (Wildman–Crippen LogP) is 7.08. The standard InChI is InChI=1S/C25H21F6NO4S/c26-18-5-1-15(2-6-18)24(16-3-7-19(27)8-4-16)35-21-13-20(28)23(14-22(21)36-24)37(33,34)32-11-9-17(10-12-32)25(29,30)31/h1-8,13-14,17,33-34H,9-12H2. The van der Waals surface area contributed by atoms with E-state index in [1.165, 1.54) is 24.3 Å². The number of fused-ring (bicyclic) bond motifs is 1. The highest BCUT2D eigenvalue weighted by molar-refractivity contribution is 8.22. The topological polar surface area (TPSA) is 62.2 Å². The molecule has 3 aromatic rings. The molecule has 2 aliphatic heterocycles. The van der Waals surface area contributed by atoms with E-state index in [4.69, 9.17) is 9.47 Å². The molecule has 3 aromatic carbocycles. The van der Waals surface area contributed by atoms with Gasteiger partial charge in [0.1, 0.15) is 16.5 Å². The molecule has 0 aliphatic carbocycles. The van der Waals surface area contributed by atoms with E-state index in [-0.39, 0.29) is 37.4 Å². The van der Waals surface area contributed by atoms with E-state index in [1.807, 2.05) is 0 Å². The van der Waals surface area contributed by atoms with Crippen LogP contribution in [-0.2, 0) is 5.79 Å². The Morgan fingerprint density at radius 2 is 1.24 bits per heavy atom. The highest BCUT2D eigenvalue weighted by Crippen LogP contribution is 2.58. The molecule has 0 bridgehead atoms. The largest absolute Gasteiger partial charge is 0.440 e. The maximum Gasteiger partial charge on any atom is 0.391 e. The van der Waals surface area contributed by atoms with Crippen LogP contribution in [0.25, 0.3) is 0 Å². The number of hydrogen-bond donors (Lipinski definition) is 2. The third kappa shape index (κ3) is 4.63.